The fourth-order valence-corrected chi connectivity index (χ4v) is 0.966. The Kier molecular flexibility index (Phi) is 2.69. The van der Waals surface area contributed by atoms with Gasteiger partial charge in [0.1, 0.15) is 17.3 Å². The minimum absolute atomic E-state index is 0.0563. The standard InChI is InChI=1S/C9H10F2N2O/c1-13(2)9(14)5-3-6(10)8(12)7(11)4-5/h3-4H,12H2,1-2H3. The van der Waals surface area contributed by atoms with Crippen LogP contribution in [0.2, 0.25) is 0 Å². The van der Waals surface area contributed by atoms with Gasteiger partial charge < -0.3 is 10.6 Å². The van der Waals surface area contributed by atoms with Gasteiger partial charge in [-0.3, -0.25) is 4.79 Å². The fraction of sp³-hybridized carbons (Fsp3) is 0.222. The van der Waals surface area contributed by atoms with Crippen LogP contribution in [0.25, 0.3) is 0 Å². The number of rotatable bonds is 1. The highest BCUT2D eigenvalue weighted by molar-refractivity contribution is 5.94. The lowest BCUT2D eigenvalue weighted by atomic mass is 10.1. The molecule has 0 radical (unpaired) electrons. The molecule has 0 unspecified atom stereocenters. The molecule has 0 saturated heterocycles. The van der Waals surface area contributed by atoms with E-state index in [0.29, 0.717) is 0 Å². The van der Waals surface area contributed by atoms with Crippen molar-refractivity contribution in [2.45, 2.75) is 0 Å². The van der Waals surface area contributed by atoms with Crippen molar-refractivity contribution in [1.82, 2.24) is 4.90 Å². The zero-order valence-corrected chi connectivity index (χ0v) is 7.84. The number of carbonyl (C=O) groups is 1. The molecule has 0 spiro atoms. The number of hydrogen-bond donors (Lipinski definition) is 1. The molecule has 1 amide bonds. The maximum Gasteiger partial charge on any atom is 0.253 e. The van der Waals surface area contributed by atoms with E-state index >= 15 is 0 Å². The van der Waals surface area contributed by atoms with E-state index < -0.39 is 23.2 Å². The highest BCUT2D eigenvalue weighted by Crippen LogP contribution is 2.17. The monoisotopic (exact) mass is 200 g/mol. The van der Waals surface area contributed by atoms with Crippen LogP contribution in [0.15, 0.2) is 12.1 Å². The second-order valence-electron chi connectivity index (χ2n) is 3.05. The third-order valence-electron chi connectivity index (χ3n) is 1.73. The van der Waals surface area contributed by atoms with Gasteiger partial charge in [-0.1, -0.05) is 0 Å². The van der Waals surface area contributed by atoms with E-state index in [1.165, 1.54) is 19.0 Å². The smallest absolute Gasteiger partial charge is 0.253 e. The average molecular weight is 200 g/mol. The van der Waals surface area contributed by atoms with Gasteiger partial charge in [-0.2, -0.15) is 0 Å². The van der Waals surface area contributed by atoms with Gasteiger partial charge in [-0.05, 0) is 12.1 Å². The number of nitrogens with zero attached hydrogens (tertiary/aromatic N) is 1. The Morgan fingerprint density at radius 2 is 1.71 bits per heavy atom. The first-order valence-electron chi connectivity index (χ1n) is 3.89. The van der Waals surface area contributed by atoms with Crippen molar-refractivity contribution in [3.8, 4) is 0 Å². The molecule has 0 atom stereocenters. The first kappa shape index (κ1) is 10.4. The normalized spacial score (nSPS) is 10.0. The number of hydrogen-bond acceptors (Lipinski definition) is 2. The van der Waals surface area contributed by atoms with Crippen LogP contribution in [0, 0.1) is 11.6 Å². The lowest BCUT2D eigenvalue weighted by Gasteiger charge is -2.10. The van der Waals surface area contributed by atoms with E-state index in [-0.39, 0.29) is 5.56 Å². The molecule has 0 aromatic heterocycles. The molecule has 0 aliphatic rings. The molecule has 0 saturated carbocycles. The third kappa shape index (κ3) is 1.81. The van der Waals surface area contributed by atoms with E-state index in [4.69, 9.17) is 5.73 Å². The second-order valence-corrected chi connectivity index (χ2v) is 3.05. The Morgan fingerprint density at radius 1 is 1.29 bits per heavy atom. The summed E-state index contributed by atoms with van der Waals surface area (Å²) in [6.45, 7) is 0. The van der Waals surface area contributed by atoms with Crippen LogP contribution in [-0.2, 0) is 0 Å². The number of carbonyl (C=O) groups excluding carboxylic acids is 1. The summed E-state index contributed by atoms with van der Waals surface area (Å²) >= 11 is 0. The lowest BCUT2D eigenvalue weighted by Crippen LogP contribution is -2.22. The molecule has 0 heterocycles. The van der Waals surface area contributed by atoms with Crippen molar-refractivity contribution < 1.29 is 13.6 Å². The largest absolute Gasteiger partial charge is 0.394 e. The van der Waals surface area contributed by atoms with Gasteiger partial charge in [-0.15, -0.1) is 0 Å². The molecule has 5 heteroatoms. The first-order chi connectivity index (χ1) is 6.43. The van der Waals surface area contributed by atoms with Gasteiger partial charge >= 0.3 is 0 Å². The van der Waals surface area contributed by atoms with Crippen molar-refractivity contribution in [2.75, 3.05) is 19.8 Å². The SMILES string of the molecule is CN(C)C(=O)c1cc(F)c(N)c(F)c1. The minimum Gasteiger partial charge on any atom is -0.394 e. The molecule has 0 bridgehead atoms. The van der Waals surface area contributed by atoms with Crippen molar-refractivity contribution >= 4 is 11.6 Å². The van der Waals surface area contributed by atoms with Gasteiger partial charge in [0.05, 0.1) is 0 Å². The molecule has 0 aliphatic heterocycles. The predicted octanol–water partition coefficient (Wildman–Crippen LogP) is 1.25. The van der Waals surface area contributed by atoms with Gasteiger partial charge in [0.25, 0.3) is 5.91 Å². The molecular weight excluding hydrogens is 190 g/mol. The molecule has 1 rings (SSSR count). The molecule has 3 nitrogen and oxygen atoms in total. The number of halogens is 2. The quantitative estimate of drug-likeness (QED) is 0.693. The molecular formula is C9H10F2N2O. The molecule has 1 aromatic carbocycles. The van der Waals surface area contributed by atoms with Crippen LogP contribution in [-0.4, -0.2) is 24.9 Å². The molecule has 14 heavy (non-hydrogen) atoms. The summed E-state index contributed by atoms with van der Waals surface area (Å²) in [6.07, 6.45) is 0. The summed E-state index contributed by atoms with van der Waals surface area (Å²) in [6, 6.07) is 1.83. The van der Waals surface area contributed by atoms with E-state index in [1.54, 1.807) is 0 Å². The van der Waals surface area contributed by atoms with E-state index in [9.17, 15) is 13.6 Å². The Hall–Kier alpha value is -1.65. The molecule has 0 fully saturated rings. The Balaban J connectivity index is 3.19. The fourth-order valence-electron chi connectivity index (χ4n) is 0.966. The topological polar surface area (TPSA) is 46.3 Å². The van der Waals surface area contributed by atoms with Crippen molar-refractivity contribution in [2.24, 2.45) is 0 Å². The van der Waals surface area contributed by atoms with Gasteiger partial charge in [0, 0.05) is 19.7 Å². The van der Waals surface area contributed by atoms with Gasteiger partial charge in [0.2, 0.25) is 0 Å². The summed E-state index contributed by atoms with van der Waals surface area (Å²) in [5.41, 5.74) is 4.43. The zero-order chi connectivity index (χ0) is 10.9. The summed E-state index contributed by atoms with van der Waals surface area (Å²) in [5.74, 6) is -2.31. The maximum atomic E-state index is 12.9. The lowest BCUT2D eigenvalue weighted by molar-refractivity contribution is 0.0826. The first-order valence-corrected chi connectivity index (χ1v) is 3.89. The zero-order valence-electron chi connectivity index (χ0n) is 7.84. The molecule has 1 aromatic rings. The van der Waals surface area contributed by atoms with Crippen LogP contribution in [0.5, 0.6) is 0 Å². The van der Waals surface area contributed by atoms with Crippen molar-refractivity contribution in [1.29, 1.82) is 0 Å². The second kappa shape index (κ2) is 3.61. The van der Waals surface area contributed by atoms with Crippen LogP contribution in [0.4, 0.5) is 14.5 Å². The van der Waals surface area contributed by atoms with Gasteiger partial charge in [0.15, 0.2) is 0 Å². The number of nitrogens with two attached hydrogens (primary N) is 1. The maximum absolute atomic E-state index is 12.9. The highest BCUT2D eigenvalue weighted by atomic mass is 19.1. The summed E-state index contributed by atoms with van der Waals surface area (Å²) < 4.78 is 25.9. The van der Waals surface area contributed by atoms with Crippen LogP contribution < -0.4 is 5.73 Å². The molecule has 76 valence electrons. The number of anilines is 1. The number of amides is 1. The number of benzene rings is 1. The van der Waals surface area contributed by atoms with E-state index in [0.717, 1.165) is 12.1 Å². The highest BCUT2D eigenvalue weighted by Gasteiger charge is 2.14. The van der Waals surface area contributed by atoms with E-state index in [1.807, 2.05) is 0 Å². The Morgan fingerprint density at radius 3 is 2.07 bits per heavy atom. The number of nitrogen functional groups attached to an aromatic ring is 1. The summed E-state index contributed by atoms with van der Waals surface area (Å²) in [7, 11) is 2.99. The molecule has 2 N–H and O–H groups in total. The predicted molar refractivity (Wildman–Crippen MR) is 48.8 cm³/mol. The van der Waals surface area contributed by atoms with Crippen molar-refractivity contribution in [3.05, 3.63) is 29.3 Å². The Bertz CT molecular complexity index is 354. The van der Waals surface area contributed by atoms with E-state index in [2.05, 4.69) is 0 Å². The summed E-state index contributed by atoms with van der Waals surface area (Å²) in [4.78, 5) is 12.5. The Labute approximate surface area is 80.1 Å². The molecule has 0 aliphatic carbocycles. The van der Waals surface area contributed by atoms with Gasteiger partial charge in [-0.25, -0.2) is 8.78 Å². The van der Waals surface area contributed by atoms with Crippen LogP contribution >= 0.6 is 0 Å². The van der Waals surface area contributed by atoms with Crippen LogP contribution in [0.1, 0.15) is 10.4 Å². The van der Waals surface area contributed by atoms with Crippen LogP contribution in [0.3, 0.4) is 0 Å². The average Bonchev–Trinajstić information content (AvgIpc) is 2.12. The van der Waals surface area contributed by atoms with Crippen molar-refractivity contribution in [3.63, 3.8) is 0 Å². The third-order valence-corrected chi connectivity index (χ3v) is 1.73. The summed E-state index contributed by atoms with van der Waals surface area (Å²) in [5, 5.41) is 0. The minimum atomic E-state index is -0.921.